The van der Waals surface area contributed by atoms with Gasteiger partial charge in [-0.15, -0.1) is 18.8 Å². The fourth-order valence-electron chi connectivity index (χ4n) is 3.46. The second kappa shape index (κ2) is 11.3. The highest BCUT2D eigenvalue weighted by Gasteiger charge is 2.51. The van der Waals surface area contributed by atoms with Crippen LogP contribution in [0.15, 0.2) is 30.3 Å². The lowest BCUT2D eigenvalue weighted by Crippen LogP contribution is -2.56. The van der Waals surface area contributed by atoms with Crippen LogP contribution in [-0.2, 0) is 20.8 Å². The maximum Gasteiger partial charge on any atom is 0.267 e. The van der Waals surface area contributed by atoms with Gasteiger partial charge in [0.25, 0.3) is 11.8 Å². The van der Waals surface area contributed by atoms with Crippen LogP contribution in [0.5, 0.6) is 0 Å². The molecule has 2 rings (SSSR count). The predicted molar refractivity (Wildman–Crippen MR) is 113 cm³/mol. The van der Waals surface area contributed by atoms with E-state index < -0.39 is 54.8 Å². The molecule has 1 aliphatic heterocycles. The van der Waals surface area contributed by atoms with E-state index in [2.05, 4.69) is 22.5 Å². The first kappa shape index (κ1) is 24.8. The van der Waals surface area contributed by atoms with E-state index in [9.17, 15) is 28.3 Å². The minimum absolute atomic E-state index is 0.0262. The lowest BCUT2D eigenvalue weighted by atomic mass is 9.99. The van der Waals surface area contributed by atoms with E-state index in [0.29, 0.717) is 10.5 Å². The zero-order valence-electron chi connectivity index (χ0n) is 17.4. The molecule has 0 bridgehead atoms. The minimum atomic E-state index is -3.31. The Hall–Kier alpha value is -3.43. The molecule has 1 aromatic carbocycles. The smallest absolute Gasteiger partial charge is 0.267 e. The molecule has 1 fully saturated rings. The van der Waals surface area contributed by atoms with Crippen LogP contribution in [0.4, 0.5) is 8.78 Å². The molecule has 170 valence electrons. The Morgan fingerprint density at radius 1 is 1.22 bits per heavy atom. The van der Waals surface area contributed by atoms with Crippen LogP contribution in [0, 0.1) is 24.7 Å². The number of aliphatic hydroxyl groups is 1. The van der Waals surface area contributed by atoms with Gasteiger partial charge < -0.3 is 20.6 Å². The van der Waals surface area contributed by atoms with Gasteiger partial charge in [-0.2, -0.15) is 0 Å². The number of nitrogens with one attached hydrogen (secondary N) is 2. The quantitative estimate of drug-likeness (QED) is 0.482. The molecule has 0 aliphatic carbocycles. The molecular formula is C23H25F2N3O4. The number of likely N-dealkylation sites (tertiary alicyclic amines) is 1. The fraction of sp³-hybridized carbons (Fsp3) is 0.435. The van der Waals surface area contributed by atoms with E-state index in [0.717, 1.165) is 0 Å². The molecule has 7 nitrogen and oxygen atoms in total. The molecule has 3 unspecified atom stereocenters. The fourth-order valence-corrected chi connectivity index (χ4v) is 3.46. The SMILES string of the molecule is C#CCCC(=O)NC(Cc1ccccc1)C(O)C(=O)N1CC(F)(F)CC1C(=O)NCC#C. The number of hydrogen-bond donors (Lipinski definition) is 3. The van der Waals surface area contributed by atoms with Crippen molar-refractivity contribution in [1.29, 1.82) is 0 Å². The van der Waals surface area contributed by atoms with Crippen molar-refractivity contribution >= 4 is 17.7 Å². The van der Waals surface area contributed by atoms with Crippen molar-refractivity contribution in [3.8, 4) is 24.7 Å². The van der Waals surface area contributed by atoms with Gasteiger partial charge in [0, 0.05) is 19.3 Å². The van der Waals surface area contributed by atoms with E-state index in [1.165, 1.54) is 0 Å². The molecule has 9 heteroatoms. The van der Waals surface area contributed by atoms with Crippen molar-refractivity contribution in [3.63, 3.8) is 0 Å². The van der Waals surface area contributed by atoms with Crippen LogP contribution < -0.4 is 10.6 Å². The number of aliphatic hydroxyl groups excluding tert-OH is 1. The number of hydrogen-bond acceptors (Lipinski definition) is 4. The van der Waals surface area contributed by atoms with Crippen molar-refractivity contribution in [2.75, 3.05) is 13.1 Å². The highest BCUT2D eigenvalue weighted by molar-refractivity contribution is 5.91. The third-order valence-corrected chi connectivity index (χ3v) is 5.00. The van der Waals surface area contributed by atoms with Crippen LogP contribution in [0.3, 0.4) is 0 Å². The van der Waals surface area contributed by atoms with E-state index in [1.54, 1.807) is 30.3 Å². The van der Waals surface area contributed by atoms with Gasteiger partial charge in [-0.25, -0.2) is 8.78 Å². The number of benzene rings is 1. The summed E-state index contributed by atoms with van der Waals surface area (Å²) in [4.78, 5) is 38.1. The first-order chi connectivity index (χ1) is 15.2. The summed E-state index contributed by atoms with van der Waals surface area (Å²) in [6.07, 6.45) is 7.69. The third kappa shape index (κ3) is 6.79. The molecule has 1 aromatic rings. The molecule has 1 saturated heterocycles. The van der Waals surface area contributed by atoms with E-state index in [4.69, 9.17) is 12.8 Å². The van der Waals surface area contributed by atoms with E-state index >= 15 is 0 Å². The molecule has 0 saturated carbocycles. The second-order valence-corrected chi connectivity index (χ2v) is 7.48. The maximum absolute atomic E-state index is 14.1. The highest BCUT2D eigenvalue weighted by atomic mass is 19.3. The lowest BCUT2D eigenvalue weighted by Gasteiger charge is -2.30. The monoisotopic (exact) mass is 445 g/mol. The van der Waals surface area contributed by atoms with Gasteiger partial charge in [0.2, 0.25) is 11.8 Å². The topological polar surface area (TPSA) is 98.7 Å². The summed E-state index contributed by atoms with van der Waals surface area (Å²) in [5.41, 5.74) is 0.705. The zero-order chi connectivity index (χ0) is 23.7. The maximum atomic E-state index is 14.1. The Kier molecular flexibility index (Phi) is 8.74. The average molecular weight is 445 g/mol. The molecule has 1 heterocycles. The summed E-state index contributed by atoms with van der Waals surface area (Å²) < 4.78 is 28.1. The van der Waals surface area contributed by atoms with Gasteiger partial charge in [-0.3, -0.25) is 14.4 Å². The molecule has 0 aromatic heterocycles. The van der Waals surface area contributed by atoms with Crippen molar-refractivity contribution in [2.45, 2.75) is 49.8 Å². The average Bonchev–Trinajstić information content (AvgIpc) is 3.10. The normalized spacial score (nSPS) is 18.7. The number of carbonyl (C=O) groups excluding carboxylic acids is 3. The number of rotatable bonds is 9. The summed E-state index contributed by atoms with van der Waals surface area (Å²) in [7, 11) is 0. The molecule has 1 aliphatic rings. The predicted octanol–water partition coefficient (Wildman–Crippen LogP) is 0.474. The largest absolute Gasteiger partial charge is 0.381 e. The van der Waals surface area contributed by atoms with Crippen LogP contribution >= 0.6 is 0 Å². The molecule has 3 amide bonds. The zero-order valence-corrected chi connectivity index (χ0v) is 17.4. The van der Waals surface area contributed by atoms with Gasteiger partial charge in [0.15, 0.2) is 6.10 Å². The summed E-state index contributed by atoms with van der Waals surface area (Å²) in [5.74, 6) is -1.24. The van der Waals surface area contributed by atoms with Crippen molar-refractivity contribution in [2.24, 2.45) is 0 Å². The summed E-state index contributed by atoms with van der Waals surface area (Å²) >= 11 is 0. The van der Waals surface area contributed by atoms with E-state index in [-0.39, 0.29) is 25.8 Å². The summed E-state index contributed by atoms with van der Waals surface area (Å²) in [5, 5.41) is 15.6. The van der Waals surface area contributed by atoms with Crippen LogP contribution in [0.1, 0.15) is 24.8 Å². The van der Waals surface area contributed by atoms with Gasteiger partial charge >= 0.3 is 0 Å². The lowest BCUT2D eigenvalue weighted by molar-refractivity contribution is -0.147. The third-order valence-electron chi connectivity index (χ3n) is 5.00. The molecule has 3 N–H and O–H groups in total. The first-order valence-corrected chi connectivity index (χ1v) is 10.0. The number of carbonyl (C=O) groups is 3. The van der Waals surface area contributed by atoms with Crippen LogP contribution in [0.25, 0.3) is 0 Å². The Bertz CT molecular complexity index is 908. The first-order valence-electron chi connectivity index (χ1n) is 10.0. The summed E-state index contributed by atoms with van der Waals surface area (Å²) in [6, 6.07) is 6.13. The number of halogens is 2. The Labute approximate surface area is 185 Å². The second-order valence-electron chi connectivity index (χ2n) is 7.48. The van der Waals surface area contributed by atoms with E-state index in [1.807, 2.05) is 0 Å². The highest BCUT2D eigenvalue weighted by Crippen LogP contribution is 2.33. The molecule has 32 heavy (non-hydrogen) atoms. The number of amides is 3. The van der Waals surface area contributed by atoms with Gasteiger partial charge in [0.05, 0.1) is 19.1 Å². The van der Waals surface area contributed by atoms with Crippen LogP contribution in [0.2, 0.25) is 0 Å². The Morgan fingerprint density at radius 3 is 2.53 bits per heavy atom. The van der Waals surface area contributed by atoms with Crippen molar-refractivity contribution in [3.05, 3.63) is 35.9 Å². The molecular weight excluding hydrogens is 420 g/mol. The molecule has 0 spiro atoms. The van der Waals surface area contributed by atoms with Crippen LogP contribution in [-0.4, -0.2) is 64.9 Å². The van der Waals surface area contributed by atoms with Gasteiger partial charge in [-0.05, 0) is 12.0 Å². The number of nitrogens with zero attached hydrogens (tertiary/aromatic N) is 1. The van der Waals surface area contributed by atoms with Crippen molar-refractivity contribution < 1.29 is 28.3 Å². The number of alkyl halides is 2. The number of terminal acetylenes is 2. The molecule has 3 atom stereocenters. The Morgan fingerprint density at radius 2 is 1.91 bits per heavy atom. The summed E-state index contributed by atoms with van der Waals surface area (Å²) in [6.45, 7) is -1.21. The van der Waals surface area contributed by atoms with Gasteiger partial charge in [0.1, 0.15) is 6.04 Å². The Balaban J connectivity index is 2.23. The molecule has 0 radical (unpaired) electrons. The standard InChI is InChI=1S/C23H25F2N3O4/c1-3-5-11-19(29)27-17(13-16-9-7-6-8-10-16)20(30)22(32)28-15-23(24,25)14-18(28)21(31)26-12-4-2/h1-2,6-10,17-18,20,30H,5,11-15H2,(H,26,31)(H,27,29). The minimum Gasteiger partial charge on any atom is -0.381 e. The van der Waals surface area contributed by atoms with Crippen molar-refractivity contribution in [1.82, 2.24) is 15.5 Å². The van der Waals surface area contributed by atoms with Gasteiger partial charge in [-0.1, -0.05) is 36.3 Å².